The Morgan fingerprint density at radius 2 is 1.88 bits per heavy atom. The number of carbonyl (C=O) groups is 1. The lowest BCUT2D eigenvalue weighted by Gasteiger charge is -2.13. The van der Waals surface area contributed by atoms with Crippen LogP contribution in [0.2, 0.25) is 5.02 Å². The van der Waals surface area contributed by atoms with E-state index in [1.807, 2.05) is 12.1 Å². The van der Waals surface area contributed by atoms with E-state index < -0.39 is 0 Å². The molecule has 16 heavy (non-hydrogen) atoms. The quantitative estimate of drug-likeness (QED) is 0.778. The van der Waals surface area contributed by atoms with Crippen LogP contribution < -0.4 is 0 Å². The van der Waals surface area contributed by atoms with Crippen LogP contribution in [0.3, 0.4) is 0 Å². The van der Waals surface area contributed by atoms with E-state index in [9.17, 15) is 4.79 Å². The minimum absolute atomic E-state index is 0. The van der Waals surface area contributed by atoms with Crippen LogP contribution in [0.5, 0.6) is 0 Å². The van der Waals surface area contributed by atoms with Gasteiger partial charge in [-0.2, -0.15) is 0 Å². The van der Waals surface area contributed by atoms with Crippen molar-refractivity contribution in [3.8, 4) is 0 Å². The number of likely N-dealkylation sites (tertiary alicyclic amines) is 1. The van der Waals surface area contributed by atoms with Crippen LogP contribution >= 0.6 is 24.0 Å². The fourth-order valence-corrected chi connectivity index (χ4v) is 2.16. The maximum atomic E-state index is 11.9. The van der Waals surface area contributed by atoms with Crippen molar-refractivity contribution in [1.82, 2.24) is 4.90 Å². The number of benzene rings is 1. The zero-order valence-corrected chi connectivity index (χ0v) is 10.6. The lowest BCUT2D eigenvalue weighted by atomic mass is 10.1. The largest absolute Gasteiger partial charge is 0.296 e. The first-order valence-electron chi connectivity index (χ1n) is 5.27. The highest BCUT2D eigenvalue weighted by Gasteiger charge is 2.17. The van der Waals surface area contributed by atoms with Crippen molar-refractivity contribution in [2.45, 2.75) is 12.8 Å². The van der Waals surface area contributed by atoms with Gasteiger partial charge in [-0.1, -0.05) is 23.7 Å². The Morgan fingerprint density at radius 3 is 2.50 bits per heavy atom. The Bertz CT molecular complexity index is 362. The summed E-state index contributed by atoms with van der Waals surface area (Å²) < 4.78 is 0. The van der Waals surface area contributed by atoms with Gasteiger partial charge >= 0.3 is 0 Å². The molecule has 0 bridgehead atoms. The molecule has 4 heteroatoms. The zero-order valence-electron chi connectivity index (χ0n) is 8.99. The third-order valence-corrected chi connectivity index (χ3v) is 3.07. The molecule has 1 fully saturated rings. The van der Waals surface area contributed by atoms with Gasteiger partial charge in [-0.05, 0) is 38.1 Å². The molecule has 0 spiro atoms. The normalized spacial score (nSPS) is 15.8. The molecule has 0 N–H and O–H groups in total. The Morgan fingerprint density at radius 1 is 1.25 bits per heavy atom. The highest BCUT2D eigenvalue weighted by molar-refractivity contribution is 6.34. The summed E-state index contributed by atoms with van der Waals surface area (Å²) in [7, 11) is 0. The van der Waals surface area contributed by atoms with Gasteiger partial charge in [0.25, 0.3) is 0 Å². The van der Waals surface area contributed by atoms with E-state index in [1.165, 1.54) is 12.8 Å². The Balaban J connectivity index is 0.00000128. The van der Waals surface area contributed by atoms with Crippen molar-refractivity contribution < 1.29 is 4.79 Å². The number of Topliss-reactive ketones (excluding diaryl/α,β-unsaturated/α-hetero) is 1. The van der Waals surface area contributed by atoms with Gasteiger partial charge in [0.2, 0.25) is 0 Å². The van der Waals surface area contributed by atoms with E-state index in [2.05, 4.69) is 4.90 Å². The van der Waals surface area contributed by atoms with Crippen LogP contribution in [0.15, 0.2) is 24.3 Å². The van der Waals surface area contributed by atoms with Crippen molar-refractivity contribution in [2.75, 3.05) is 19.6 Å². The van der Waals surface area contributed by atoms with Crippen LogP contribution in [-0.4, -0.2) is 30.3 Å². The minimum Gasteiger partial charge on any atom is -0.296 e. The van der Waals surface area contributed by atoms with Crippen LogP contribution in [0.4, 0.5) is 0 Å². The second kappa shape index (κ2) is 6.24. The molecule has 0 amide bonds. The molecule has 0 aliphatic carbocycles. The first-order valence-corrected chi connectivity index (χ1v) is 5.65. The maximum Gasteiger partial charge on any atom is 0.178 e. The van der Waals surface area contributed by atoms with E-state index in [0.717, 1.165) is 13.1 Å². The van der Waals surface area contributed by atoms with E-state index in [1.54, 1.807) is 12.1 Å². The Labute approximate surface area is 107 Å². The van der Waals surface area contributed by atoms with Gasteiger partial charge in [0.1, 0.15) is 0 Å². The van der Waals surface area contributed by atoms with Crippen LogP contribution in [0, 0.1) is 0 Å². The average Bonchev–Trinajstić information content (AvgIpc) is 2.71. The minimum atomic E-state index is 0. The number of rotatable bonds is 3. The highest BCUT2D eigenvalue weighted by Crippen LogP contribution is 2.17. The number of carbonyl (C=O) groups excluding carboxylic acids is 1. The molecule has 1 heterocycles. The second-order valence-corrected chi connectivity index (χ2v) is 4.29. The molecule has 0 aromatic heterocycles. The predicted octanol–water partition coefficient (Wildman–Crippen LogP) is 3.04. The van der Waals surface area contributed by atoms with Gasteiger partial charge < -0.3 is 0 Å². The smallest absolute Gasteiger partial charge is 0.178 e. The van der Waals surface area contributed by atoms with Crippen LogP contribution in [-0.2, 0) is 0 Å². The summed E-state index contributed by atoms with van der Waals surface area (Å²) in [5, 5.41) is 0.557. The van der Waals surface area contributed by atoms with E-state index in [-0.39, 0.29) is 18.2 Å². The standard InChI is InChI=1S/C12H14ClNO.ClH/c13-11-6-2-1-5-10(11)12(15)9-14-7-3-4-8-14;/h1-2,5-6H,3-4,7-9H2;1H. The molecule has 0 saturated carbocycles. The zero-order chi connectivity index (χ0) is 10.7. The summed E-state index contributed by atoms with van der Waals surface area (Å²) in [6, 6.07) is 7.25. The molecular formula is C12H15Cl2NO. The molecule has 0 radical (unpaired) electrons. The summed E-state index contributed by atoms with van der Waals surface area (Å²) in [5.74, 6) is 0.127. The lowest BCUT2D eigenvalue weighted by Crippen LogP contribution is -2.26. The molecular weight excluding hydrogens is 245 g/mol. The molecule has 88 valence electrons. The van der Waals surface area contributed by atoms with E-state index in [0.29, 0.717) is 17.1 Å². The number of hydrogen-bond donors (Lipinski definition) is 0. The van der Waals surface area contributed by atoms with Crippen molar-refractivity contribution in [1.29, 1.82) is 0 Å². The van der Waals surface area contributed by atoms with E-state index in [4.69, 9.17) is 11.6 Å². The van der Waals surface area contributed by atoms with Crippen molar-refractivity contribution in [3.63, 3.8) is 0 Å². The first kappa shape index (κ1) is 13.5. The molecule has 1 aliphatic rings. The summed E-state index contributed by atoms with van der Waals surface area (Å²) in [5.41, 5.74) is 0.645. The van der Waals surface area contributed by atoms with Gasteiger partial charge in [-0.3, -0.25) is 9.69 Å². The summed E-state index contributed by atoms with van der Waals surface area (Å²) >= 11 is 5.97. The molecule has 1 saturated heterocycles. The predicted molar refractivity (Wildman–Crippen MR) is 68.7 cm³/mol. The summed E-state index contributed by atoms with van der Waals surface area (Å²) in [6.45, 7) is 2.58. The fourth-order valence-electron chi connectivity index (χ4n) is 1.92. The molecule has 1 aliphatic heterocycles. The van der Waals surface area contributed by atoms with Crippen LogP contribution in [0.1, 0.15) is 23.2 Å². The Kier molecular flexibility index (Phi) is 5.26. The molecule has 1 aromatic rings. The maximum absolute atomic E-state index is 11.9. The molecule has 0 atom stereocenters. The van der Waals surface area contributed by atoms with Gasteiger partial charge in [0.05, 0.1) is 11.6 Å². The van der Waals surface area contributed by atoms with Gasteiger partial charge in [-0.25, -0.2) is 0 Å². The molecule has 2 rings (SSSR count). The van der Waals surface area contributed by atoms with E-state index >= 15 is 0 Å². The third-order valence-electron chi connectivity index (χ3n) is 2.74. The SMILES string of the molecule is Cl.O=C(CN1CCCC1)c1ccccc1Cl. The highest BCUT2D eigenvalue weighted by atomic mass is 35.5. The summed E-state index contributed by atoms with van der Waals surface area (Å²) in [4.78, 5) is 14.1. The Hall–Kier alpha value is -0.570. The number of ketones is 1. The van der Waals surface area contributed by atoms with Crippen molar-refractivity contribution >= 4 is 29.8 Å². The number of hydrogen-bond acceptors (Lipinski definition) is 2. The number of nitrogens with zero attached hydrogens (tertiary/aromatic N) is 1. The van der Waals surface area contributed by atoms with Crippen molar-refractivity contribution in [3.05, 3.63) is 34.9 Å². The second-order valence-electron chi connectivity index (χ2n) is 3.89. The van der Waals surface area contributed by atoms with Crippen molar-refractivity contribution in [2.24, 2.45) is 0 Å². The van der Waals surface area contributed by atoms with Gasteiger partial charge in [0.15, 0.2) is 5.78 Å². The molecule has 2 nitrogen and oxygen atoms in total. The first-order chi connectivity index (χ1) is 7.27. The average molecular weight is 260 g/mol. The fraction of sp³-hybridized carbons (Fsp3) is 0.417. The summed E-state index contributed by atoms with van der Waals surface area (Å²) in [6.07, 6.45) is 2.41. The topological polar surface area (TPSA) is 20.3 Å². The van der Waals surface area contributed by atoms with Gasteiger partial charge in [0, 0.05) is 5.56 Å². The van der Waals surface area contributed by atoms with Crippen LogP contribution in [0.25, 0.3) is 0 Å². The monoisotopic (exact) mass is 259 g/mol. The molecule has 1 aromatic carbocycles. The third kappa shape index (κ3) is 3.21. The van der Waals surface area contributed by atoms with Gasteiger partial charge in [-0.15, -0.1) is 12.4 Å². The molecule has 0 unspecified atom stereocenters. The number of halogens is 2. The lowest BCUT2D eigenvalue weighted by molar-refractivity contribution is 0.0945.